The molecule has 1 aliphatic heterocycles. The molecule has 30 heavy (non-hydrogen) atoms. The number of nitrogens with one attached hydrogen (secondary N) is 1. The number of nitro benzene ring substituents is 1. The molecule has 164 valence electrons. The van der Waals surface area contributed by atoms with Crippen molar-refractivity contribution in [2.45, 2.75) is 65.6 Å². The van der Waals surface area contributed by atoms with Gasteiger partial charge in [0.2, 0.25) is 0 Å². The number of benzene rings is 1. The van der Waals surface area contributed by atoms with Crippen molar-refractivity contribution in [3.63, 3.8) is 0 Å². The standard InChI is InChI=1S/C21H31N5O4/c1-13-10-24(12-16(13)22-19(27)30-21(5,6)7)18-14-11-25(20(2,3)4)23-15(14)8-9-17(18)26(28)29/h8-9,11,13,16H,10,12H2,1-7H3,(H,22,27). The highest BCUT2D eigenvalue weighted by molar-refractivity contribution is 5.97. The van der Waals surface area contributed by atoms with Crippen molar-refractivity contribution in [3.8, 4) is 0 Å². The molecular weight excluding hydrogens is 386 g/mol. The summed E-state index contributed by atoms with van der Waals surface area (Å²) in [5, 5.41) is 20.1. The van der Waals surface area contributed by atoms with Crippen LogP contribution in [0.1, 0.15) is 48.5 Å². The number of carbonyl (C=O) groups excluding carboxylic acids is 1. The third-order valence-corrected chi connectivity index (χ3v) is 5.15. The summed E-state index contributed by atoms with van der Waals surface area (Å²) in [5.41, 5.74) is 0.470. The molecule has 1 fully saturated rings. The Balaban J connectivity index is 1.95. The number of rotatable bonds is 3. The Morgan fingerprint density at radius 2 is 1.90 bits per heavy atom. The van der Waals surface area contributed by atoms with Crippen LogP contribution in [0.5, 0.6) is 0 Å². The highest BCUT2D eigenvalue weighted by Crippen LogP contribution is 2.39. The first-order valence-electron chi connectivity index (χ1n) is 10.2. The van der Waals surface area contributed by atoms with Gasteiger partial charge in [-0.15, -0.1) is 0 Å². The Labute approximate surface area is 176 Å². The predicted octanol–water partition coefficient (Wildman–Crippen LogP) is 4.05. The van der Waals surface area contributed by atoms with E-state index in [1.807, 2.05) is 64.2 Å². The number of fused-ring (bicyclic) bond motifs is 1. The molecule has 1 aromatic heterocycles. The van der Waals surface area contributed by atoms with E-state index in [-0.39, 0.29) is 28.1 Å². The van der Waals surface area contributed by atoms with Crippen LogP contribution in [-0.4, -0.2) is 45.5 Å². The van der Waals surface area contributed by atoms with Crippen LogP contribution in [0.2, 0.25) is 0 Å². The summed E-state index contributed by atoms with van der Waals surface area (Å²) in [7, 11) is 0. The van der Waals surface area contributed by atoms with E-state index in [9.17, 15) is 14.9 Å². The maximum absolute atomic E-state index is 12.2. The van der Waals surface area contributed by atoms with E-state index in [0.29, 0.717) is 24.3 Å². The quantitative estimate of drug-likeness (QED) is 0.597. The lowest BCUT2D eigenvalue weighted by Gasteiger charge is -2.23. The Bertz CT molecular complexity index is 970. The number of ether oxygens (including phenoxy) is 1. The monoisotopic (exact) mass is 417 g/mol. The molecule has 3 rings (SSSR count). The normalized spacial score (nSPS) is 19.9. The van der Waals surface area contributed by atoms with Gasteiger partial charge >= 0.3 is 6.09 Å². The van der Waals surface area contributed by atoms with E-state index in [1.54, 1.807) is 6.07 Å². The van der Waals surface area contributed by atoms with Gasteiger partial charge in [-0.3, -0.25) is 14.8 Å². The number of anilines is 1. The highest BCUT2D eigenvalue weighted by atomic mass is 16.6. The van der Waals surface area contributed by atoms with Crippen molar-refractivity contribution in [1.29, 1.82) is 0 Å². The molecule has 1 saturated heterocycles. The van der Waals surface area contributed by atoms with Crippen LogP contribution in [-0.2, 0) is 10.3 Å². The zero-order chi connectivity index (χ0) is 22.4. The molecule has 1 N–H and O–H groups in total. The minimum absolute atomic E-state index is 0.0427. The van der Waals surface area contributed by atoms with Crippen molar-refractivity contribution < 1.29 is 14.5 Å². The lowest BCUT2D eigenvalue weighted by atomic mass is 10.1. The maximum Gasteiger partial charge on any atom is 0.407 e. The lowest BCUT2D eigenvalue weighted by Crippen LogP contribution is -2.42. The number of aromatic nitrogens is 2. The smallest absolute Gasteiger partial charge is 0.407 e. The molecule has 9 heteroatoms. The summed E-state index contributed by atoms with van der Waals surface area (Å²) in [4.78, 5) is 25.6. The fourth-order valence-electron chi connectivity index (χ4n) is 3.69. The van der Waals surface area contributed by atoms with Crippen molar-refractivity contribution in [2.24, 2.45) is 5.92 Å². The van der Waals surface area contributed by atoms with E-state index < -0.39 is 11.7 Å². The number of hydrogen-bond acceptors (Lipinski definition) is 6. The topological polar surface area (TPSA) is 103 Å². The van der Waals surface area contributed by atoms with Crippen LogP contribution in [0.4, 0.5) is 16.2 Å². The minimum atomic E-state index is -0.586. The van der Waals surface area contributed by atoms with E-state index >= 15 is 0 Å². The molecule has 2 atom stereocenters. The summed E-state index contributed by atoms with van der Waals surface area (Å²) in [5.74, 6) is 0.102. The van der Waals surface area contributed by atoms with Gasteiger partial charge in [0.05, 0.1) is 27.4 Å². The van der Waals surface area contributed by atoms with Crippen LogP contribution in [0.3, 0.4) is 0 Å². The first-order chi connectivity index (χ1) is 13.8. The van der Waals surface area contributed by atoms with Gasteiger partial charge in [0, 0.05) is 25.4 Å². The molecule has 0 saturated carbocycles. The first kappa shape index (κ1) is 21.9. The summed E-state index contributed by atoms with van der Waals surface area (Å²) in [6.07, 6.45) is 1.39. The number of nitrogens with zero attached hydrogens (tertiary/aromatic N) is 4. The van der Waals surface area contributed by atoms with Crippen LogP contribution in [0.25, 0.3) is 10.9 Å². The number of hydrogen-bond donors (Lipinski definition) is 1. The highest BCUT2D eigenvalue weighted by Gasteiger charge is 2.36. The molecule has 2 unspecified atom stereocenters. The molecular formula is C21H31N5O4. The summed E-state index contributed by atoms with van der Waals surface area (Å²) in [6, 6.07) is 3.03. The average Bonchev–Trinajstić information content (AvgIpc) is 3.15. The van der Waals surface area contributed by atoms with Crippen LogP contribution in [0, 0.1) is 16.0 Å². The van der Waals surface area contributed by atoms with Crippen molar-refractivity contribution >= 4 is 28.4 Å². The van der Waals surface area contributed by atoms with Crippen molar-refractivity contribution in [1.82, 2.24) is 15.1 Å². The molecule has 1 amide bonds. The van der Waals surface area contributed by atoms with E-state index in [4.69, 9.17) is 4.74 Å². The van der Waals surface area contributed by atoms with Crippen molar-refractivity contribution in [2.75, 3.05) is 18.0 Å². The molecule has 2 heterocycles. The largest absolute Gasteiger partial charge is 0.444 e. The number of alkyl carbamates (subject to hydrolysis) is 1. The second-order valence-electron chi connectivity index (χ2n) is 10.0. The minimum Gasteiger partial charge on any atom is -0.444 e. The summed E-state index contributed by atoms with van der Waals surface area (Å²) in [6.45, 7) is 14.6. The molecule has 9 nitrogen and oxygen atoms in total. The fraction of sp³-hybridized carbons (Fsp3) is 0.619. The van der Waals surface area contributed by atoms with E-state index in [1.165, 1.54) is 6.07 Å². The number of carbonyl (C=O) groups is 1. The SMILES string of the molecule is CC1CN(c2c([N+](=O)[O-])ccc3nn(C(C)(C)C)cc23)CC1NC(=O)OC(C)(C)C. The third-order valence-electron chi connectivity index (χ3n) is 5.15. The summed E-state index contributed by atoms with van der Waals surface area (Å²) < 4.78 is 7.21. The number of amides is 1. The Kier molecular flexibility index (Phi) is 5.43. The number of nitro groups is 1. The molecule has 1 aromatic carbocycles. The zero-order valence-electron chi connectivity index (χ0n) is 18.7. The van der Waals surface area contributed by atoms with Gasteiger partial charge in [-0.25, -0.2) is 4.79 Å². The van der Waals surface area contributed by atoms with Gasteiger partial charge in [0.15, 0.2) is 0 Å². The van der Waals surface area contributed by atoms with Gasteiger partial charge in [-0.2, -0.15) is 5.10 Å². The average molecular weight is 418 g/mol. The van der Waals surface area contributed by atoms with Gasteiger partial charge < -0.3 is 15.0 Å². The molecule has 0 spiro atoms. The molecule has 1 aliphatic rings. The van der Waals surface area contributed by atoms with Crippen molar-refractivity contribution in [3.05, 3.63) is 28.4 Å². The van der Waals surface area contributed by atoms with E-state index in [0.717, 1.165) is 5.39 Å². The Hall–Kier alpha value is -2.84. The first-order valence-corrected chi connectivity index (χ1v) is 10.2. The molecule has 0 bridgehead atoms. The molecule has 0 radical (unpaired) electrons. The lowest BCUT2D eigenvalue weighted by molar-refractivity contribution is -0.384. The van der Waals surface area contributed by atoms with Crippen LogP contribution in [0.15, 0.2) is 18.3 Å². The maximum atomic E-state index is 12.2. The Morgan fingerprint density at radius 1 is 1.23 bits per heavy atom. The summed E-state index contributed by atoms with van der Waals surface area (Å²) >= 11 is 0. The zero-order valence-corrected chi connectivity index (χ0v) is 18.7. The van der Waals surface area contributed by atoms with Gasteiger partial charge in [0.1, 0.15) is 11.3 Å². The molecule has 0 aliphatic carbocycles. The van der Waals surface area contributed by atoms with Crippen LogP contribution < -0.4 is 10.2 Å². The Morgan fingerprint density at radius 3 is 2.47 bits per heavy atom. The predicted molar refractivity (Wildman–Crippen MR) is 116 cm³/mol. The molecule has 2 aromatic rings. The van der Waals surface area contributed by atoms with Gasteiger partial charge in [-0.1, -0.05) is 6.92 Å². The third kappa shape index (κ3) is 4.49. The second-order valence-corrected chi connectivity index (χ2v) is 10.0. The second kappa shape index (κ2) is 7.45. The van der Waals surface area contributed by atoms with E-state index in [2.05, 4.69) is 10.4 Å². The fourth-order valence-corrected chi connectivity index (χ4v) is 3.69. The van der Waals surface area contributed by atoms with Gasteiger partial charge in [-0.05, 0) is 53.5 Å². The van der Waals surface area contributed by atoms with Crippen LogP contribution >= 0.6 is 0 Å². The van der Waals surface area contributed by atoms with Gasteiger partial charge in [0.25, 0.3) is 5.69 Å².